The molecule has 152 valence electrons. The van der Waals surface area contributed by atoms with Crippen LogP contribution in [0.2, 0.25) is 0 Å². The van der Waals surface area contributed by atoms with Crippen molar-refractivity contribution in [1.82, 2.24) is 15.1 Å². The first-order valence-electron chi connectivity index (χ1n) is 9.89. The lowest BCUT2D eigenvalue weighted by Gasteiger charge is -2.25. The highest BCUT2D eigenvalue weighted by atomic mass is 16.2. The molecule has 0 bridgehead atoms. The van der Waals surface area contributed by atoms with Gasteiger partial charge in [0.2, 0.25) is 5.91 Å². The minimum Gasteiger partial charge on any atom is -0.354 e. The molecule has 2 aromatic carbocycles. The van der Waals surface area contributed by atoms with Crippen molar-refractivity contribution in [1.29, 1.82) is 0 Å². The normalized spacial score (nSPS) is 14.3. The van der Waals surface area contributed by atoms with Gasteiger partial charge in [-0.2, -0.15) is 0 Å². The summed E-state index contributed by atoms with van der Waals surface area (Å²) in [6, 6.07) is 15.2. The number of hydrogen-bond acceptors (Lipinski definition) is 4. The Hall–Kier alpha value is -2.99. The van der Waals surface area contributed by atoms with E-state index >= 15 is 0 Å². The van der Waals surface area contributed by atoms with Crippen LogP contribution in [-0.2, 0) is 11.2 Å². The molecule has 0 saturated carbocycles. The zero-order valence-corrected chi connectivity index (χ0v) is 17.1. The highest BCUT2D eigenvalue weighted by molar-refractivity contribution is 6.21. The smallest absolute Gasteiger partial charge is 0.261 e. The van der Waals surface area contributed by atoms with Gasteiger partial charge in [0.05, 0.1) is 17.2 Å². The van der Waals surface area contributed by atoms with Gasteiger partial charge in [-0.1, -0.05) is 43.3 Å². The van der Waals surface area contributed by atoms with E-state index in [4.69, 9.17) is 0 Å². The largest absolute Gasteiger partial charge is 0.354 e. The summed E-state index contributed by atoms with van der Waals surface area (Å²) >= 11 is 0. The van der Waals surface area contributed by atoms with Gasteiger partial charge >= 0.3 is 0 Å². The van der Waals surface area contributed by atoms with Crippen molar-refractivity contribution in [2.45, 2.75) is 25.8 Å². The zero-order valence-electron chi connectivity index (χ0n) is 17.1. The van der Waals surface area contributed by atoms with Crippen LogP contribution in [0.1, 0.15) is 51.2 Å². The lowest BCUT2D eigenvalue weighted by Crippen LogP contribution is -2.37. The number of carbonyl (C=O) groups is 3. The summed E-state index contributed by atoms with van der Waals surface area (Å²) in [5.74, 6) is -0.847. The van der Waals surface area contributed by atoms with Crippen molar-refractivity contribution in [2.24, 2.45) is 0 Å². The van der Waals surface area contributed by atoms with Crippen LogP contribution in [0.5, 0.6) is 0 Å². The number of rotatable bonds is 8. The minimum atomic E-state index is -0.333. The highest BCUT2D eigenvalue weighted by Gasteiger charge is 2.34. The Balaban J connectivity index is 1.55. The fraction of sp³-hybridized carbons (Fsp3) is 0.348. The van der Waals surface area contributed by atoms with Gasteiger partial charge in [-0.05, 0) is 43.8 Å². The molecule has 0 spiro atoms. The van der Waals surface area contributed by atoms with E-state index in [0.717, 1.165) is 16.9 Å². The molecular weight excluding hydrogens is 366 g/mol. The second-order valence-electron chi connectivity index (χ2n) is 7.44. The topological polar surface area (TPSA) is 69.7 Å². The van der Waals surface area contributed by atoms with Gasteiger partial charge in [-0.15, -0.1) is 0 Å². The van der Waals surface area contributed by atoms with Gasteiger partial charge in [0, 0.05) is 19.5 Å². The second kappa shape index (κ2) is 9.01. The summed E-state index contributed by atoms with van der Waals surface area (Å²) in [6.07, 6.45) is 1.07. The van der Waals surface area contributed by atoms with Gasteiger partial charge in [-0.3, -0.25) is 19.3 Å². The molecule has 1 aliphatic heterocycles. The number of imide groups is 1. The van der Waals surface area contributed by atoms with Crippen LogP contribution in [0, 0.1) is 0 Å². The molecular formula is C23H27N3O3. The number of nitrogens with zero attached hydrogens (tertiary/aromatic N) is 2. The number of fused-ring (bicyclic) bond motifs is 1. The van der Waals surface area contributed by atoms with Crippen molar-refractivity contribution >= 4 is 17.7 Å². The maximum Gasteiger partial charge on any atom is 0.261 e. The summed E-state index contributed by atoms with van der Waals surface area (Å²) in [7, 11) is 3.95. The summed E-state index contributed by atoms with van der Waals surface area (Å²) in [5, 5.41) is 2.94. The van der Waals surface area contributed by atoms with Gasteiger partial charge in [0.1, 0.15) is 0 Å². The second-order valence-corrected chi connectivity index (χ2v) is 7.44. The molecule has 0 aromatic heterocycles. The third-order valence-corrected chi connectivity index (χ3v) is 5.33. The van der Waals surface area contributed by atoms with Crippen molar-refractivity contribution in [3.8, 4) is 0 Å². The number of likely N-dealkylation sites (N-methyl/N-ethyl adjacent to an activating group) is 1. The van der Waals surface area contributed by atoms with Crippen LogP contribution < -0.4 is 5.32 Å². The van der Waals surface area contributed by atoms with Crippen LogP contribution in [0.15, 0.2) is 48.5 Å². The number of carbonyl (C=O) groups excluding carboxylic acids is 3. The van der Waals surface area contributed by atoms with E-state index in [2.05, 4.69) is 41.4 Å². The maximum absolute atomic E-state index is 12.4. The number of hydrogen-bond donors (Lipinski definition) is 1. The number of amides is 3. The van der Waals surface area contributed by atoms with E-state index < -0.39 is 0 Å². The summed E-state index contributed by atoms with van der Waals surface area (Å²) in [5.41, 5.74) is 3.21. The Morgan fingerprint density at radius 3 is 2.10 bits per heavy atom. The quantitative estimate of drug-likeness (QED) is 0.700. The van der Waals surface area contributed by atoms with Crippen LogP contribution in [-0.4, -0.2) is 54.7 Å². The van der Waals surface area contributed by atoms with Gasteiger partial charge < -0.3 is 10.2 Å². The maximum atomic E-state index is 12.4. The molecule has 6 nitrogen and oxygen atoms in total. The number of nitrogens with one attached hydrogen (secondary N) is 1. The van der Waals surface area contributed by atoms with E-state index in [9.17, 15) is 14.4 Å². The lowest BCUT2D eigenvalue weighted by molar-refractivity contribution is -0.121. The van der Waals surface area contributed by atoms with Crippen LogP contribution >= 0.6 is 0 Å². The standard InChI is InChI=1S/C23H27N3O3/c1-4-16-9-11-17(12-10-16)20(25(2)3)15-24-21(27)13-14-26-22(28)18-7-5-6-8-19(18)23(26)29/h5-12,20H,4,13-15H2,1-3H3,(H,24,27)/t20-/m0/s1. The summed E-state index contributed by atoms with van der Waals surface area (Å²) in [4.78, 5) is 40.3. The fourth-order valence-electron chi connectivity index (χ4n) is 3.53. The monoisotopic (exact) mass is 393 g/mol. The minimum absolute atomic E-state index is 0.0455. The number of aryl methyl sites for hydroxylation is 1. The Labute approximate surface area is 171 Å². The van der Waals surface area contributed by atoms with Crippen LogP contribution in [0.4, 0.5) is 0 Å². The van der Waals surface area contributed by atoms with Crippen molar-refractivity contribution in [3.63, 3.8) is 0 Å². The van der Waals surface area contributed by atoms with Gasteiger partial charge in [-0.25, -0.2) is 0 Å². The predicted molar refractivity (Wildman–Crippen MR) is 112 cm³/mol. The van der Waals surface area contributed by atoms with E-state index in [1.165, 1.54) is 5.56 Å². The first-order chi connectivity index (χ1) is 13.9. The first kappa shape index (κ1) is 20.7. The van der Waals surface area contributed by atoms with Crippen LogP contribution in [0.3, 0.4) is 0 Å². The summed E-state index contributed by atoms with van der Waals surface area (Å²) in [6.45, 7) is 2.66. The van der Waals surface area contributed by atoms with E-state index in [0.29, 0.717) is 17.7 Å². The fourth-order valence-corrected chi connectivity index (χ4v) is 3.53. The van der Waals surface area contributed by atoms with Crippen LogP contribution in [0.25, 0.3) is 0 Å². The average molecular weight is 393 g/mol. The molecule has 3 rings (SSSR count). The Morgan fingerprint density at radius 2 is 1.59 bits per heavy atom. The third-order valence-electron chi connectivity index (χ3n) is 5.33. The van der Waals surface area contributed by atoms with E-state index in [1.54, 1.807) is 24.3 Å². The highest BCUT2D eigenvalue weighted by Crippen LogP contribution is 2.22. The Morgan fingerprint density at radius 1 is 1.00 bits per heavy atom. The average Bonchev–Trinajstić information content (AvgIpc) is 2.97. The lowest BCUT2D eigenvalue weighted by atomic mass is 10.0. The molecule has 6 heteroatoms. The van der Waals surface area contributed by atoms with E-state index in [1.807, 2.05) is 14.1 Å². The van der Waals surface area contributed by atoms with Gasteiger partial charge in [0.25, 0.3) is 11.8 Å². The number of benzene rings is 2. The molecule has 0 aliphatic carbocycles. The van der Waals surface area contributed by atoms with E-state index in [-0.39, 0.29) is 36.7 Å². The molecule has 1 N–H and O–H groups in total. The zero-order chi connectivity index (χ0) is 21.0. The van der Waals surface area contributed by atoms with Crippen molar-refractivity contribution < 1.29 is 14.4 Å². The summed E-state index contributed by atoms with van der Waals surface area (Å²) < 4.78 is 0. The molecule has 1 aliphatic rings. The first-order valence-corrected chi connectivity index (χ1v) is 9.89. The molecule has 0 fully saturated rings. The SMILES string of the molecule is CCc1ccc([C@H](CNC(=O)CCN2C(=O)c3ccccc3C2=O)N(C)C)cc1. The van der Waals surface area contributed by atoms with Gasteiger partial charge in [0.15, 0.2) is 0 Å². The molecule has 2 aromatic rings. The molecule has 1 heterocycles. The molecule has 1 atom stereocenters. The molecule has 3 amide bonds. The Kier molecular flexibility index (Phi) is 6.44. The molecule has 0 saturated heterocycles. The predicted octanol–water partition coefficient (Wildman–Crippen LogP) is 2.65. The Bertz CT molecular complexity index is 871. The third kappa shape index (κ3) is 4.54. The molecule has 29 heavy (non-hydrogen) atoms. The molecule has 0 radical (unpaired) electrons. The van der Waals surface area contributed by atoms with Crippen molar-refractivity contribution in [2.75, 3.05) is 27.2 Å². The van der Waals surface area contributed by atoms with Crippen molar-refractivity contribution in [3.05, 3.63) is 70.8 Å². The molecule has 0 unspecified atom stereocenters.